The highest BCUT2D eigenvalue weighted by atomic mass is 16.6. The summed E-state index contributed by atoms with van der Waals surface area (Å²) < 4.78 is 6.63. The highest BCUT2D eigenvalue weighted by molar-refractivity contribution is 5.94. The Hall–Kier alpha value is -2.44. The van der Waals surface area contributed by atoms with Crippen LogP contribution in [0.5, 0.6) is 0 Å². The Morgan fingerprint density at radius 2 is 1.96 bits per heavy atom. The van der Waals surface area contributed by atoms with E-state index in [1.54, 1.807) is 20.8 Å². The molecule has 0 bridgehead atoms. The predicted molar refractivity (Wildman–Crippen MR) is 103 cm³/mol. The topological polar surface area (TPSA) is 87.3 Å². The lowest BCUT2D eigenvalue weighted by Crippen LogP contribution is -2.28. The van der Waals surface area contributed by atoms with Gasteiger partial charge in [0.05, 0.1) is 16.6 Å². The van der Waals surface area contributed by atoms with E-state index < -0.39 is 16.6 Å². The maximum absolute atomic E-state index is 12.6. The van der Waals surface area contributed by atoms with Crippen molar-refractivity contribution in [1.29, 1.82) is 0 Å². The molecule has 2 aromatic rings. The second-order valence-corrected chi connectivity index (χ2v) is 9.39. The van der Waals surface area contributed by atoms with Gasteiger partial charge < -0.3 is 4.74 Å². The summed E-state index contributed by atoms with van der Waals surface area (Å²) in [5.74, 6) is 0.504. The number of ether oxygens (including phenoxy) is 1. The van der Waals surface area contributed by atoms with Gasteiger partial charge in [0, 0.05) is 5.69 Å². The first-order chi connectivity index (χ1) is 12.4. The fourth-order valence-corrected chi connectivity index (χ4v) is 3.61. The van der Waals surface area contributed by atoms with Crippen LogP contribution in [0.4, 0.5) is 10.5 Å². The van der Waals surface area contributed by atoms with E-state index >= 15 is 0 Å². The molecule has 7 nitrogen and oxygen atoms in total. The number of fused-ring (bicyclic) bond motifs is 2. The van der Waals surface area contributed by atoms with Crippen LogP contribution in [0.25, 0.3) is 11.0 Å². The quantitative estimate of drug-likeness (QED) is 0.525. The molecule has 2 heterocycles. The summed E-state index contributed by atoms with van der Waals surface area (Å²) in [4.78, 5) is 28.2. The molecule has 0 spiro atoms. The summed E-state index contributed by atoms with van der Waals surface area (Å²) >= 11 is 0. The third-order valence-corrected chi connectivity index (χ3v) is 5.13. The molecule has 146 valence electrons. The summed E-state index contributed by atoms with van der Waals surface area (Å²) in [5.41, 5.74) is 1.95. The van der Waals surface area contributed by atoms with E-state index in [4.69, 9.17) is 4.74 Å². The minimum Gasteiger partial charge on any atom is -0.443 e. The number of hydrogen-bond donors (Lipinski definition) is 0. The molecule has 1 aliphatic carbocycles. The molecule has 3 rings (SSSR count). The molecule has 7 heteroatoms. The van der Waals surface area contributed by atoms with Crippen LogP contribution in [-0.4, -0.2) is 26.2 Å². The minimum absolute atomic E-state index is 0.170. The minimum atomic E-state index is -0.693. The van der Waals surface area contributed by atoms with Gasteiger partial charge in [-0.15, -0.1) is 0 Å². The Labute approximate surface area is 158 Å². The molecule has 1 atom stereocenters. The molecule has 0 radical (unpaired) electrons. The normalized spacial score (nSPS) is 17.6. The Balaban J connectivity index is 2.12. The molecule has 0 fully saturated rings. The lowest BCUT2D eigenvalue weighted by molar-refractivity contribution is -0.383. The molecule has 0 amide bonds. The van der Waals surface area contributed by atoms with Crippen molar-refractivity contribution < 1.29 is 14.5 Å². The van der Waals surface area contributed by atoms with Gasteiger partial charge >= 0.3 is 11.8 Å². The second-order valence-electron chi connectivity index (χ2n) is 9.39. The maximum Gasteiger partial charge on any atom is 0.419 e. The number of pyridine rings is 1. The Kier molecular flexibility index (Phi) is 4.52. The van der Waals surface area contributed by atoms with Crippen molar-refractivity contribution in [2.45, 2.75) is 66.4 Å². The molecule has 1 unspecified atom stereocenters. The number of nitrogens with zero attached hydrogens (tertiary/aromatic N) is 3. The number of carbonyl (C=O) groups is 1. The van der Waals surface area contributed by atoms with Gasteiger partial charge in [0.25, 0.3) is 0 Å². The Morgan fingerprint density at radius 1 is 1.30 bits per heavy atom. The molecular formula is C20H27N3O4. The molecule has 2 aromatic heterocycles. The first-order valence-electron chi connectivity index (χ1n) is 9.28. The average Bonchev–Trinajstić information content (AvgIpc) is 2.88. The highest BCUT2D eigenvalue weighted by Crippen LogP contribution is 2.39. The molecule has 0 N–H and O–H groups in total. The highest BCUT2D eigenvalue weighted by Gasteiger charge is 2.32. The van der Waals surface area contributed by atoms with Crippen molar-refractivity contribution in [3.63, 3.8) is 0 Å². The van der Waals surface area contributed by atoms with Crippen LogP contribution < -0.4 is 0 Å². The summed E-state index contributed by atoms with van der Waals surface area (Å²) in [6.45, 7) is 12.0. The van der Waals surface area contributed by atoms with Gasteiger partial charge in [0.1, 0.15) is 5.60 Å². The van der Waals surface area contributed by atoms with Gasteiger partial charge in [0.2, 0.25) is 0 Å². The zero-order chi connectivity index (χ0) is 20.1. The number of nitro groups is 1. The molecule has 0 aromatic carbocycles. The van der Waals surface area contributed by atoms with Crippen molar-refractivity contribution in [1.82, 2.24) is 9.55 Å². The van der Waals surface area contributed by atoms with E-state index in [2.05, 4.69) is 25.8 Å². The third kappa shape index (κ3) is 3.82. The van der Waals surface area contributed by atoms with Crippen LogP contribution in [0, 0.1) is 21.4 Å². The van der Waals surface area contributed by atoms with E-state index in [9.17, 15) is 14.9 Å². The van der Waals surface area contributed by atoms with E-state index in [0.717, 1.165) is 30.5 Å². The van der Waals surface area contributed by atoms with Gasteiger partial charge in [-0.25, -0.2) is 14.3 Å². The standard InChI is InChI=1S/C20H27N3O4/c1-19(2,3)13-7-8-14-12(9-13)10-15-17(21-14)16(23(25)26)11-22(15)18(24)27-20(4,5)6/h10-11,13H,7-9H2,1-6H3. The Morgan fingerprint density at radius 3 is 2.52 bits per heavy atom. The van der Waals surface area contributed by atoms with E-state index in [0.29, 0.717) is 11.4 Å². The van der Waals surface area contributed by atoms with Crippen molar-refractivity contribution >= 4 is 22.8 Å². The molecule has 27 heavy (non-hydrogen) atoms. The zero-order valence-corrected chi connectivity index (χ0v) is 16.8. The SMILES string of the molecule is CC(C)(C)OC(=O)n1cc([N+](=O)[O-])c2nc3c(cc21)CC(C(C)(C)C)CC3. The molecule has 1 aliphatic rings. The number of rotatable bonds is 1. The molecule has 0 saturated carbocycles. The van der Waals surface area contributed by atoms with Gasteiger partial charge in [-0.05, 0) is 63.0 Å². The van der Waals surface area contributed by atoms with E-state index in [-0.39, 0.29) is 16.6 Å². The zero-order valence-electron chi connectivity index (χ0n) is 16.8. The van der Waals surface area contributed by atoms with Gasteiger partial charge in [-0.1, -0.05) is 20.8 Å². The first-order valence-corrected chi connectivity index (χ1v) is 9.28. The van der Waals surface area contributed by atoms with Gasteiger partial charge in [0.15, 0.2) is 5.52 Å². The molecular weight excluding hydrogens is 346 g/mol. The summed E-state index contributed by atoms with van der Waals surface area (Å²) in [7, 11) is 0. The van der Waals surface area contributed by atoms with Gasteiger partial charge in [-0.2, -0.15) is 0 Å². The van der Waals surface area contributed by atoms with Crippen LogP contribution in [0.15, 0.2) is 12.3 Å². The van der Waals surface area contributed by atoms with Crippen LogP contribution in [-0.2, 0) is 17.6 Å². The molecule has 0 saturated heterocycles. The summed E-state index contributed by atoms with van der Waals surface area (Å²) in [5, 5.41) is 11.5. The predicted octanol–water partition coefficient (Wildman–Crippen LogP) is 4.88. The first kappa shape index (κ1) is 19.3. The lowest BCUT2D eigenvalue weighted by atomic mass is 9.71. The van der Waals surface area contributed by atoms with E-state index in [1.807, 2.05) is 6.07 Å². The van der Waals surface area contributed by atoms with Crippen LogP contribution >= 0.6 is 0 Å². The van der Waals surface area contributed by atoms with Crippen molar-refractivity contribution in [3.8, 4) is 0 Å². The largest absolute Gasteiger partial charge is 0.443 e. The van der Waals surface area contributed by atoms with Crippen LogP contribution in [0.3, 0.4) is 0 Å². The third-order valence-electron chi connectivity index (χ3n) is 5.13. The lowest BCUT2D eigenvalue weighted by Gasteiger charge is -2.34. The van der Waals surface area contributed by atoms with E-state index in [1.165, 1.54) is 10.8 Å². The number of hydrogen-bond acceptors (Lipinski definition) is 5. The van der Waals surface area contributed by atoms with Crippen molar-refractivity contribution in [3.05, 3.63) is 33.6 Å². The maximum atomic E-state index is 12.6. The van der Waals surface area contributed by atoms with Crippen LogP contribution in [0.1, 0.15) is 59.2 Å². The summed E-state index contributed by atoms with van der Waals surface area (Å²) in [6, 6.07) is 1.88. The second kappa shape index (κ2) is 6.32. The Bertz CT molecular complexity index is 916. The van der Waals surface area contributed by atoms with Gasteiger partial charge in [-0.3, -0.25) is 10.1 Å². The van der Waals surface area contributed by atoms with Crippen molar-refractivity contribution in [2.75, 3.05) is 0 Å². The summed E-state index contributed by atoms with van der Waals surface area (Å²) in [6.07, 6.45) is 3.25. The van der Waals surface area contributed by atoms with Crippen molar-refractivity contribution in [2.24, 2.45) is 11.3 Å². The monoisotopic (exact) mass is 373 g/mol. The number of carbonyl (C=O) groups excluding carboxylic acids is 1. The number of aryl methyl sites for hydroxylation is 1. The fraction of sp³-hybridized carbons (Fsp3) is 0.600. The molecule has 0 aliphatic heterocycles. The number of aromatic nitrogens is 2. The van der Waals surface area contributed by atoms with Crippen LogP contribution in [0.2, 0.25) is 0 Å². The smallest absolute Gasteiger partial charge is 0.419 e. The fourth-order valence-electron chi connectivity index (χ4n) is 3.61. The average molecular weight is 373 g/mol.